The predicted octanol–water partition coefficient (Wildman–Crippen LogP) is 2.29. The van der Waals surface area contributed by atoms with E-state index >= 15 is 0 Å². The fourth-order valence-corrected chi connectivity index (χ4v) is 3.49. The SMILES string of the molecule is CCCOc1ccc(CNS(=O)(=O)c2c(C)n[nH]c2C)cc1. The lowest BCUT2D eigenvalue weighted by Crippen LogP contribution is -2.24. The third kappa shape index (κ3) is 3.86. The maximum atomic E-state index is 12.3. The normalized spacial score (nSPS) is 11.6. The molecule has 0 aliphatic carbocycles. The Kier molecular flexibility index (Phi) is 5.20. The molecule has 0 atom stereocenters. The van der Waals surface area contributed by atoms with Gasteiger partial charge in [-0.05, 0) is 38.0 Å². The number of hydrogen-bond acceptors (Lipinski definition) is 4. The molecule has 0 amide bonds. The molecule has 1 heterocycles. The van der Waals surface area contributed by atoms with Crippen LogP contribution in [-0.2, 0) is 16.6 Å². The Hall–Kier alpha value is -1.86. The zero-order valence-corrected chi connectivity index (χ0v) is 13.8. The van der Waals surface area contributed by atoms with Crippen LogP contribution in [0, 0.1) is 13.8 Å². The number of nitrogens with one attached hydrogen (secondary N) is 2. The van der Waals surface area contributed by atoms with E-state index in [1.807, 2.05) is 31.2 Å². The van der Waals surface area contributed by atoms with Crippen molar-refractivity contribution in [3.63, 3.8) is 0 Å². The molecule has 0 saturated carbocycles. The number of aromatic amines is 1. The van der Waals surface area contributed by atoms with Gasteiger partial charge in [-0.2, -0.15) is 5.10 Å². The molecule has 0 fully saturated rings. The van der Waals surface area contributed by atoms with Crippen molar-refractivity contribution in [3.05, 3.63) is 41.2 Å². The highest BCUT2D eigenvalue weighted by Crippen LogP contribution is 2.17. The van der Waals surface area contributed by atoms with Crippen LogP contribution in [0.2, 0.25) is 0 Å². The van der Waals surface area contributed by atoms with E-state index in [1.54, 1.807) is 13.8 Å². The van der Waals surface area contributed by atoms with Gasteiger partial charge >= 0.3 is 0 Å². The number of ether oxygens (including phenoxy) is 1. The maximum Gasteiger partial charge on any atom is 0.244 e. The van der Waals surface area contributed by atoms with Gasteiger partial charge in [-0.15, -0.1) is 0 Å². The van der Waals surface area contributed by atoms with Gasteiger partial charge in [0, 0.05) is 6.54 Å². The molecule has 7 heteroatoms. The summed E-state index contributed by atoms with van der Waals surface area (Å²) >= 11 is 0. The van der Waals surface area contributed by atoms with Crippen molar-refractivity contribution in [2.24, 2.45) is 0 Å². The molecule has 0 saturated heterocycles. The summed E-state index contributed by atoms with van der Waals surface area (Å²) in [5.74, 6) is 0.787. The lowest BCUT2D eigenvalue weighted by molar-refractivity contribution is 0.317. The van der Waals surface area contributed by atoms with Crippen LogP contribution in [0.5, 0.6) is 5.75 Å². The van der Waals surface area contributed by atoms with E-state index in [0.29, 0.717) is 18.0 Å². The van der Waals surface area contributed by atoms with Crippen LogP contribution in [0.3, 0.4) is 0 Å². The topological polar surface area (TPSA) is 84.1 Å². The van der Waals surface area contributed by atoms with Crippen molar-refractivity contribution < 1.29 is 13.2 Å². The molecule has 1 aromatic carbocycles. The minimum atomic E-state index is -3.58. The fourth-order valence-electron chi connectivity index (χ4n) is 2.11. The van der Waals surface area contributed by atoms with Crippen LogP contribution in [-0.4, -0.2) is 25.2 Å². The molecule has 0 unspecified atom stereocenters. The van der Waals surface area contributed by atoms with Crippen molar-refractivity contribution in [2.75, 3.05) is 6.61 Å². The number of benzene rings is 1. The molecular weight excluding hydrogens is 302 g/mol. The van der Waals surface area contributed by atoms with Crippen molar-refractivity contribution in [1.82, 2.24) is 14.9 Å². The quantitative estimate of drug-likeness (QED) is 0.819. The predicted molar refractivity (Wildman–Crippen MR) is 84.3 cm³/mol. The third-order valence-corrected chi connectivity index (χ3v) is 4.86. The minimum absolute atomic E-state index is 0.218. The number of nitrogens with zero attached hydrogens (tertiary/aromatic N) is 1. The standard InChI is InChI=1S/C15H21N3O3S/c1-4-9-21-14-7-5-13(6-8-14)10-16-22(19,20)15-11(2)17-18-12(15)3/h5-8,16H,4,9-10H2,1-3H3,(H,17,18). The van der Waals surface area contributed by atoms with Crippen molar-refractivity contribution >= 4 is 10.0 Å². The van der Waals surface area contributed by atoms with Crippen molar-refractivity contribution in [2.45, 2.75) is 38.6 Å². The molecule has 2 N–H and O–H groups in total. The lowest BCUT2D eigenvalue weighted by atomic mass is 10.2. The van der Waals surface area contributed by atoms with Crippen LogP contribution in [0.25, 0.3) is 0 Å². The monoisotopic (exact) mass is 323 g/mol. The summed E-state index contributed by atoms with van der Waals surface area (Å²) < 4.78 is 32.7. The molecule has 6 nitrogen and oxygen atoms in total. The van der Waals surface area contributed by atoms with Gasteiger partial charge in [0.2, 0.25) is 10.0 Å². The van der Waals surface area contributed by atoms with E-state index in [1.165, 1.54) is 0 Å². The molecule has 0 spiro atoms. The minimum Gasteiger partial charge on any atom is -0.494 e. The number of aryl methyl sites for hydroxylation is 2. The summed E-state index contributed by atoms with van der Waals surface area (Å²) in [5, 5.41) is 6.60. The summed E-state index contributed by atoms with van der Waals surface area (Å²) in [4.78, 5) is 0.218. The van der Waals surface area contributed by atoms with Crippen LogP contribution >= 0.6 is 0 Å². The van der Waals surface area contributed by atoms with Gasteiger partial charge in [0.15, 0.2) is 0 Å². The number of H-pyrrole nitrogens is 1. The summed E-state index contributed by atoms with van der Waals surface area (Å²) in [6, 6.07) is 7.38. The van der Waals surface area contributed by atoms with Crippen molar-refractivity contribution in [3.8, 4) is 5.75 Å². The van der Waals surface area contributed by atoms with Crippen molar-refractivity contribution in [1.29, 1.82) is 0 Å². The molecule has 2 aromatic rings. The molecule has 1 aromatic heterocycles. The van der Waals surface area contributed by atoms with E-state index in [-0.39, 0.29) is 11.4 Å². The van der Waals surface area contributed by atoms with Gasteiger partial charge in [0.25, 0.3) is 0 Å². The number of aromatic nitrogens is 2. The Morgan fingerprint density at radius 3 is 2.45 bits per heavy atom. The zero-order valence-electron chi connectivity index (χ0n) is 13.0. The second kappa shape index (κ2) is 6.93. The maximum absolute atomic E-state index is 12.3. The first kappa shape index (κ1) is 16.5. The number of rotatable bonds is 7. The van der Waals surface area contributed by atoms with Gasteiger partial charge < -0.3 is 4.74 Å². The number of hydrogen-bond donors (Lipinski definition) is 2. The smallest absolute Gasteiger partial charge is 0.244 e. The van der Waals surface area contributed by atoms with Crippen LogP contribution in [0.4, 0.5) is 0 Å². The average Bonchev–Trinajstić information content (AvgIpc) is 2.84. The molecule has 0 aliphatic heterocycles. The molecule has 0 radical (unpaired) electrons. The van der Waals surface area contributed by atoms with Gasteiger partial charge in [0.05, 0.1) is 18.0 Å². The average molecular weight is 323 g/mol. The summed E-state index contributed by atoms with van der Waals surface area (Å²) in [7, 11) is -3.58. The zero-order chi connectivity index (χ0) is 16.2. The number of sulfonamides is 1. The first-order valence-electron chi connectivity index (χ1n) is 7.17. The van der Waals surface area contributed by atoms with E-state index < -0.39 is 10.0 Å². The van der Waals surface area contributed by atoms with Gasteiger partial charge in [-0.25, -0.2) is 13.1 Å². The first-order chi connectivity index (χ1) is 10.4. The van der Waals surface area contributed by atoms with E-state index in [9.17, 15) is 8.42 Å². The highest BCUT2D eigenvalue weighted by atomic mass is 32.2. The third-order valence-electron chi connectivity index (χ3n) is 3.19. The van der Waals surface area contributed by atoms with E-state index in [2.05, 4.69) is 14.9 Å². The molecule has 0 aliphatic rings. The molecule has 2 rings (SSSR count). The van der Waals surface area contributed by atoms with Gasteiger partial charge in [-0.3, -0.25) is 5.10 Å². The highest BCUT2D eigenvalue weighted by molar-refractivity contribution is 7.89. The van der Waals surface area contributed by atoms with E-state index in [4.69, 9.17) is 4.74 Å². The van der Waals surface area contributed by atoms with Crippen LogP contribution < -0.4 is 9.46 Å². The van der Waals surface area contributed by atoms with Crippen LogP contribution in [0.1, 0.15) is 30.3 Å². The molecule has 22 heavy (non-hydrogen) atoms. The summed E-state index contributed by atoms with van der Waals surface area (Å²) in [6.45, 7) is 6.29. The molecule has 120 valence electrons. The second-order valence-corrected chi connectivity index (χ2v) is 6.78. The lowest BCUT2D eigenvalue weighted by Gasteiger charge is -2.08. The molecule has 0 bridgehead atoms. The Morgan fingerprint density at radius 1 is 1.23 bits per heavy atom. The Balaban J connectivity index is 2.03. The van der Waals surface area contributed by atoms with E-state index in [0.717, 1.165) is 17.7 Å². The molecular formula is C15H21N3O3S. The Morgan fingerprint density at radius 2 is 1.91 bits per heavy atom. The Bertz CT molecular complexity index is 701. The highest BCUT2D eigenvalue weighted by Gasteiger charge is 2.21. The second-order valence-electron chi connectivity index (χ2n) is 5.08. The summed E-state index contributed by atoms with van der Waals surface area (Å²) in [5.41, 5.74) is 1.87. The summed E-state index contributed by atoms with van der Waals surface area (Å²) in [6.07, 6.45) is 0.949. The van der Waals surface area contributed by atoms with Gasteiger partial charge in [-0.1, -0.05) is 19.1 Å². The first-order valence-corrected chi connectivity index (χ1v) is 8.65. The fraction of sp³-hybridized carbons (Fsp3) is 0.400. The largest absolute Gasteiger partial charge is 0.494 e. The Labute approximate surface area is 130 Å². The van der Waals surface area contributed by atoms with Crippen LogP contribution in [0.15, 0.2) is 29.2 Å². The van der Waals surface area contributed by atoms with Gasteiger partial charge in [0.1, 0.15) is 10.6 Å².